The molecule has 0 amide bonds. The number of benzene rings is 1. The Morgan fingerprint density at radius 1 is 1.29 bits per heavy atom. The van der Waals surface area contributed by atoms with E-state index in [0.717, 1.165) is 12.1 Å². The van der Waals surface area contributed by atoms with Crippen LogP contribution in [0, 0.1) is 39.8 Å². The van der Waals surface area contributed by atoms with E-state index >= 15 is 0 Å². The molecule has 2 N–H and O–H groups in total. The van der Waals surface area contributed by atoms with Crippen LogP contribution in [0.5, 0.6) is 5.75 Å². The highest BCUT2D eigenvalue weighted by atomic mass is 19.1. The van der Waals surface area contributed by atoms with Crippen LogP contribution in [-0.4, -0.2) is 18.2 Å². The Morgan fingerprint density at radius 3 is 2.33 bits per heavy atom. The van der Waals surface area contributed by atoms with Crippen molar-refractivity contribution in [3.8, 4) is 24.0 Å². The van der Waals surface area contributed by atoms with E-state index < -0.39 is 23.1 Å². The Labute approximate surface area is 118 Å². The molecule has 0 heterocycles. The normalized spacial score (nSPS) is 8.71. The van der Waals surface area contributed by atoms with Crippen LogP contribution in [0.25, 0.3) is 0 Å². The third kappa shape index (κ3) is 3.25. The van der Waals surface area contributed by atoms with E-state index in [1.807, 2.05) is 0 Å². The van der Waals surface area contributed by atoms with Gasteiger partial charge in [0.1, 0.15) is 23.9 Å². The van der Waals surface area contributed by atoms with Crippen molar-refractivity contribution < 1.29 is 19.0 Å². The molecule has 0 fully saturated rings. The molecule has 0 unspecified atom stereocenters. The van der Waals surface area contributed by atoms with Gasteiger partial charge in [-0.1, -0.05) is 0 Å². The van der Waals surface area contributed by atoms with Crippen LogP contribution in [-0.2, 0) is 0 Å². The Balaban J connectivity index is 3.46. The molecule has 104 valence electrons. The number of hydrogen-bond donors (Lipinski definition) is 2. The number of halogens is 1. The molecule has 0 aliphatic heterocycles. The lowest BCUT2D eigenvalue weighted by atomic mass is 10.1. The monoisotopic (exact) mass is 286 g/mol. The Hall–Kier alpha value is -3.57. The topological polar surface area (TPSA) is 130 Å². The van der Waals surface area contributed by atoms with E-state index in [9.17, 15) is 9.18 Å². The first-order chi connectivity index (χ1) is 9.98. The highest BCUT2D eigenvalue weighted by Crippen LogP contribution is 2.27. The summed E-state index contributed by atoms with van der Waals surface area (Å²) in [7, 11) is 1.17. The van der Waals surface area contributed by atoms with Crippen molar-refractivity contribution in [3.05, 3.63) is 34.8 Å². The number of nitrogens with zero attached hydrogens (tertiary/aromatic N) is 3. The summed E-state index contributed by atoms with van der Waals surface area (Å²) in [5.74, 6) is -2.55. The molecule has 0 saturated carbocycles. The molecule has 0 saturated heterocycles. The second kappa shape index (κ2) is 6.55. The van der Waals surface area contributed by atoms with Gasteiger partial charge in [-0.15, -0.1) is 0 Å². The van der Waals surface area contributed by atoms with Gasteiger partial charge in [0, 0.05) is 6.07 Å². The predicted molar refractivity (Wildman–Crippen MR) is 67.4 cm³/mol. The minimum Gasteiger partial charge on any atom is -0.494 e. The molecule has 0 bridgehead atoms. The number of anilines is 1. The molecule has 1 aromatic carbocycles. The van der Waals surface area contributed by atoms with Crippen LogP contribution in [0.3, 0.4) is 0 Å². The molecule has 8 heteroatoms. The van der Waals surface area contributed by atoms with E-state index in [1.54, 1.807) is 6.07 Å². The summed E-state index contributed by atoms with van der Waals surface area (Å²) in [5.41, 5.74) is -1.69. The van der Waals surface area contributed by atoms with Gasteiger partial charge in [0.25, 0.3) is 0 Å². The number of carboxylic acid groups (broad SMARTS) is 1. The van der Waals surface area contributed by atoms with E-state index in [2.05, 4.69) is 10.1 Å². The first-order valence-electron chi connectivity index (χ1n) is 5.30. The quantitative estimate of drug-likeness (QED) is 0.806. The van der Waals surface area contributed by atoms with E-state index in [-0.39, 0.29) is 17.0 Å². The predicted octanol–water partition coefficient (Wildman–Crippen LogP) is 1.77. The van der Waals surface area contributed by atoms with Gasteiger partial charge >= 0.3 is 5.97 Å². The SMILES string of the molecule is COc1cc(C(=O)O)c(NC(C#N)=C(C#N)C#N)cc1F. The molecular weight excluding hydrogens is 279 g/mol. The maximum Gasteiger partial charge on any atom is 0.337 e. The van der Waals surface area contributed by atoms with Gasteiger partial charge in [-0.3, -0.25) is 0 Å². The molecule has 7 nitrogen and oxygen atoms in total. The van der Waals surface area contributed by atoms with Gasteiger partial charge in [0.05, 0.1) is 18.4 Å². The third-order valence-electron chi connectivity index (χ3n) is 2.37. The van der Waals surface area contributed by atoms with Crippen LogP contribution in [0.4, 0.5) is 10.1 Å². The summed E-state index contributed by atoms with van der Waals surface area (Å²) in [4.78, 5) is 11.1. The van der Waals surface area contributed by atoms with E-state index in [1.165, 1.54) is 19.2 Å². The maximum atomic E-state index is 13.6. The van der Waals surface area contributed by atoms with Gasteiger partial charge < -0.3 is 15.2 Å². The van der Waals surface area contributed by atoms with Crippen molar-refractivity contribution in [2.24, 2.45) is 0 Å². The van der Waals surface area contributed by atoms with Crippen molar-refractivity contribution in [2.45, 2.75) is 0 Å². The fourth-order valence-corrected chi connectivity index (χ4v) is 1.41. The Bertz CT molecular complexity index is 734. The summed E-state index contributed by atoms with van der Waals surface area (Å²) in [6.45, 7) is 0. The van der Waals surface area contributed by atoms with Gasteiger partial charge in [-0.05, 0) is 6.07 Å². The Morgan fingerprint density at radius 2 is 1.90 bits per heavy atom. The van der Waals surface area contributed by atoms with E-state index in [0.29, 0.717) is 0 Å². The molecule has 0 aliphatic carbocycles. The fraction of sp³-hybridized carbons (Fsp3) is 0.0769. The molecule has 0 aliphatic rings. The minimum atomic E-state index is -1.40. The van der Waals surface area contributed by atoms with Gasteiger partial charge in [0.2, 0.25) is 0 Å². The van der Waals surface area contributed by atoms with Crippen molar-refractivity contribution >= 4 is 11.7 Å². The van der Waals surface area contributed by atoms with Crippen molar-refractivity contribution in [3.63, 3.8) is 0 Å². The van der Waals surface area contributed by atoms with Crippen molar-refractivity contribution in [1.29, 1.82) is 15.8 Å². The average Bonchev–Trinajstić information content (AvgIpc) is 2.47. The summed E-state index contributed by atoms with van der Waals surface area (Å²) in [6, 6.07) is 6.22. The molecule has 0 radical (unpaired) electrons. The summed E-state index contributed by atoms with van der Waals surface area (Å²) in [5, 5.41) is 37.6. The molecule has 1 rings (SSSR count). The number of aromatic carboxylic acids is 1. The van der Waals surface area contributed by atoms with Crippen LogP contribution in [0.15, 0.2) is 23.4 Å². The van der Waals surface area contributed by atoms with Crippen LogP contribution in [0.1, 0.15) is 10.4 Å². The highest BCUT2D eigenvalue weighted by molar-refractivity contribution is 5.95. The zero-order valence-electron chi connectivity index (χ0n) is 10.6. The van der Waals surface area contributed by atoms with Gasteiger partial charge in [-0.25, -0.2) is 9.18 Å². The minimum absolute atomic E-state index is 0.277. The molecule has 0 atom stereocenters. The second-order valence-corrected chi connectivity index (χ2v) is 3.55. The number of nitriles is 3. The second-order valence-electron chi connectivity index (χ2n) is 3.55. The molecule has 21 heavy (non-hydrogen) atoms. The molecule has 1 aromatic rings. The molecule has 0 spiro atoms. The smallest absolute Gasteiger partial charge is 0.337 e. The number of allylic oxidation sites excluding steroid dienone is 2. The number of nitrogens with one attached hydrogen (secondary N) is 1. The average molecular weight is 286 g/mol. The summed E-state index contributed by atoms with van der Waals surface area (Å²) >= 11 is 0. The Kier molecular flexibility index (Phi) is 4.83. The zero-order chi connectivity index (χ0) is 16.0. The van der Waals surface area contributed by atoms with Crippen LogP contribution in [0.2, 0.25) is 0 Å². The number of ether oxygens (including phenoxy) is 1. The zero-order valence-corrected chi connectivity index (χ0v) is 10.6. The standard InChI is InChI=1S/C13H7FN4O3/c1-21-12-2-8(13(19)20)10(3-9(12)14)18-11(6-17)7(4-15)5-16/h2-3,18H,1H3,(H,19,20). The largest absolute Gasteiger partial charge is 0.494 e. The third-order valence-corrected chi connectivity index (χ3v) is 2.37. The number of rotatable bonds is 4. The fourth-order valence-electron chi connectivity index (χ4n) is 1.41. The highest BCUT2D eigenvalue weighted by Gasteiger charge is 2.17. The maximum absolute atomic E-state index is 13.6. The van der Waals surface area contributed by atoms with Crippen molar-refractivity contribution in [1.82, 2.24) is 0 Å². The van der Waals surface area contributed by atoms with Crippen LogP contribution < -0.4 is 10.1 Å². The summed E-state index contributed by atoms with van der Waals surface area (Å²) < 4.78 is 18.3. The number of hydrogen-bond acceptors (Lipinski definition) is 6. The number of methoxy groups -OCH3 is 1. The lowest BCUT2D eigenvalue weighted by Crippen LogP contribution is -2.08. The first kappa shape index (κ1) is 15.5. The van der Waals surface area contributed by atoms with Gasteiger partial charge in [-0.2, -0.15) is 15.8 Å². The van der Waals surface area contributed by atoms with Gasteiger partial charge in [0.15, 0.2) is 17.1 Å². The van der Waals surface area contributed by atoms with Crippen molar-refractivity contribution in [2.75, 3.05) is 12.4 Å². The number of carboxylic acids is 1. The molecule has 0 aromatic heterocycles. The first-order valence-corrected chi connectivity index (χ1v) is 5.30. The lowest BCUT2D eigenvalue weighted by molar-refractivity contribution is 0.0697. The van der Waals surface area contributed by atoms with E-state index in [4.69, 9.17) is 20.9 Å². The number of carbonyl (C=O) groups is 1. The summed E-state index contributed by atoms with van der Waals surface area (Å²) in [6.07, 6.45) is 0. The lowest BCUT2D eigenvalue weighted by Gasteiger charge is -2.11. The van der Waals surface area contributed by atoms with Crippen LogP contribution >= 0.6 is 0 Å². The molecular formula is C13H7FN4O3.